The van der Waals surface area contributed by atoms with Crippen molar-refractivity contribution in [1.29, 1.82) is 0 Å². The molecule has 3 aromatic rings. The van der Waals surface area contributed by atoms with Gasteiger partial charge in [0, 0.05) is 49.9 Å². The minimum absolute atomic E-state index is 0.119. The molecule has 1 aliphatic rings. The summed E-state index contributed by atoms with van der Waals surface area (Å²) in [6, 6.07) is 15.4. The Bertz CT molecular complexity index is 1150. The van der Waals surface area contributed by atoms with Gasteiger partial charge in [0.15, 0.2) is 5.13 Å². The first-order valence-electron chi connectivity index (χ1n) is 10.6. The van der Waals surface area contributed by atoms with E-state index in [1.165, 1.54) is 10.4 Å². The van der Waals surface area contributed by atoms with Gasteiger partial charge in [0.1, 0.15) is 0 Å². The Morgan fingerprint density at radius 2 is 1.88 bits per heavy atom. The van der Waals surface area contributed by atoms with Gasteiger partial charge in [0.25, 0.3) is 15.9 Å². The van der Waals surface area contributed by atoms with Gasteiger partial charge >= 0.3 is 0 Å². The lowest BCUT2D eigenvalue weighted by Crippen LogP contribution is -2.35. The Hall–Kier alpha value is -2.91. The third kappa shape index (κ3) is 4.63. The molecule has 0 unspecified atom stereocenters. The standard InChI is InChI=1S/C23H26N4O3S2/c1-2-27(20-9-4-3-5-10-20)32(29,30)21-11-6-8-19(18-21)22(28)25-13-7-14-26(16-15-25)23-24-12-17-31-23/h3-6,8-12,17-18H,2,7,13-16H2,1H3. The van der Waals surface area contributed by atoms with Crippen LogP contribution in [0.3, 0.4) is 0 Å². The van der Waals surface area contributed by atoms with E-state index in [9.17, 15) is 13.2 Å². The number of hydrogen-bond donors (Lipinski definition) is 0. The van der Waals surface area contributed by atoms with E-state index in [4.69, 9.17) is 0 Å². The minimum Gasteiger partial charge on any atom is -0.346 e. The van der Waals surface area contributed by atoms with E-state index in [1.807, 2.05) is 23.6 Å². The molecule has 1 fully saturated rings. The van der Waals surface area contributed by atoms with Gasteiger partial charge in [-0.2, -0.15) is 0 Å². The summed E-state index contributed by atoms with van der Waals surface area (Å²) in [6.07, 6.45) is 2.62. The number of carbonyl (C=O) groups is 1. The Labute approximate surface area is 193 Å². The lowest BCUT2D eigenvalue weighted by Gasteiger charge is -2.24. The first-order chi connectivity index (χ1) is 15.5. The molecule has 0 saturated carbocycles. The van der Waals surface area contributed by atoms with Crippen molar-refractivity contribution >= 4 is 38.1 Å². The maximum Gasteiger partial charge on any atom is 0.264 e. The van der Waals surface area contributed by atoms with E-state index in [1.54, 1.807) is 59.7 Å². The highest BCUT2D eigenvalue weighted by atomic mass is 32.2. The maximum absolute atomic E-state index is 13.3. The van der Waals surface area contributed by atoms with Crippen LogP contribution in [0.25, 0.3) is 0 Å². The summed E-state index contributed by atoms with van der Waals surface area (Å²) < 4.78 is 28.0. The molecule has 9 heteroatoms. The maximum atomic E-state index is 13.3. The highest BCUT2D eigenvalue weighted by molar-refractivity contribution is 7.92. The number of hydrogen-bond acceptors (Lipinski definition) is 6. The molecule has 1 saturated heterocycles. The van der Waals surface area contributed by atoms with E-state index in [0.29, 0.717) is 37.4 Å². The van der Waals surface area contributed by atoms with E-state index < -0.39 is 10.0 Å². The number of thiazole rings is 1. The first-order valence-corrected chi connectivity index (χ1v) is 12.9. The van der Waals surface area contributed by atoms with E-state index in [0.717, 1.165) is 18.1 Å². The molecule has 7 nitrogen and oxygen atoms in total. The Kier molecular flexibility index (Phi) is 6.76. The van der Waals surface area contributed by atoms with Crippen LogP contribution in [0.15, 0.2) is 71.1 Å². The van der Waals surface area contributed by atoms with Gasteiger partial charge in [-0.05, 0) is 43.7 Å². The van der Waals surface area contributed by atoms with E-state index in [2.05, 4.69) is 9.88 Å². The van der Waals surface area contributed by atoms with Crippen LogP contribution in [0, 0.1) is 0 Å². The van der Waals surface area contributed by atoms with E-state index >= 15 is 0 Å². The predicted molar refractivity (Wildman–Crippen MR) is 128 cm³/mol. The molecular weight excluding hydrogens is 444 g/mol. The normalized spacial score (nSPS) is 14.8. The number of nitrogens with zero attached hydrogens (tertiary/aromatic N) is 4. The quantitative estimate of drug-likeness (QED) is 0.549. The summed E-state index contributed by atoms with van der Waals surface area (Å²) in [5.74, 6) is -0.147. The van der Waals surface area contributed by atoms with Crippen molar-refractivity contribution in [2.75, 3.05) is 41.9 Å². The molecule has 1 aliphatic heterocycles. The fourth-order valence-electron chi connectivity index (χ4n) is 3.87. The van der Waals surface area contributed by atoms with Crippen LogP contribution in [-0.4, -0.2) is 56.9 Å². The number of carbonyl (C=O) groups excluding carboxylic acids is 1. The predicted octanol–water partition coefficient (Wildman–Crippen LogP) is 3.71. The summed E-state index contributed by atoms with van der Waals surface area (Å²) in [5.41, 5.74) is 0.986. The lowest BCUT2D eigenvalue weighted by molar-refractivity contribution is 0.0767. The molecule has 0 atom stereocenters. The molecule has 32 heavy (non-hydrogen) atoms. The summed E-state index contributed by atoms with van der Waals surface area (Å²) in [7, 11) is -3.79. The highest BCUT2D eigenvalue weighted by Gasteiger charge is 2.26. The van der Waals surface area contributed by atoms with E-state index in [-0.39, 0.29) is 10.8 Å². The summed E-state index contributed by atoms with van der Waals surface area (Å²) in [4.78, 5) is 21.7. The monoisotopic (exact) mass is 470 g/mol. The van der Waals surface area contributed by atoms with Gasteiger partial charge in [-0.3, -0.25) is 9.10 Å². The Morgan fingerprint density at radius 3 is 2.59 bits per heavy atom. The fraction of sp³-hybridized carbons (Fsp3) is 0.304. The van der Waals surface area contributed by atoms with Crippen LogP contribution in [0.1, 0.15) is 23.7 Å². The first kappa shape index (κ1) is 22.3. The number of anilines is 2. The third-order valence-electron chi connectivity index (χ3n) is 5.47. The van der Waals surface area contributed by atoms with Crippen molar-refractivity contribution in [2.24, 2.45) is 0 Å². The van der Waals surface area contributed by atoms with Gasteiger partial charge in [-0.1, -0.05) is 24.3 Å². The molecule has 1 aromatic heterocycles. The molecule has 4 rings (SSSR count). The minimum atomic E-state index is -3.79. The molecule has 0 radical (unpaired) electrons. The van der Waals surface area contributed by atoms with Gasteiger partial charge in [0.2, 0.25) is 0 Å². The zero-order valence-corrected chi connectivity index (χ0v) is 19.6. The van der Waals surface area contributed by atoms with Crippen molar-refractivity contribution in [1.82, 2.24) is 9.88 Å². The van der Waals surface area contributed by atoms with Crippen molar-refractivity contribution in [3.8, 4) is 0 Å². The number of benzene rings is 2. The van der Waals surface area contributed by atoms with Crippen LogP contribution in [0.5, 0.6) is 0 Å². The average Bonchev–Trinajstić information content (AvgIpc) is 3.24. The lowest BCUT2D eigenvalue weighted by atomic mass is 10.2. The molecule has 0 aliphatic carbocycles. The van der Waals surface area contributed by atoms with Crippen molar-refractivity contribution in [3.05, 3.63) is 71.7 Å². The van der Waals surface area contributed by atoms with Gasteiger partial charge < -0.3 is 9.80 Å². The zero-order valence-electron chi connectivity index (χ0n) is 17.9. The van der Waals surface area contributed by atoms with Crippen LogP contribution in [0.4, 0.5) is 10.8 Å². The van der Waals surface area contributed by atoms with Crippen LogP contribution < -0.4 is 9.21 Å². The number of sulfonamides is 1. The molecule has 1 amide bonds. The highest BCUT2D eigenvalue weighted by Crippen LogP contribution is 2.25. The second-order valence-electron chi connectivity index (χ2n) is 7.48. The second-order valence-corrected chi connectivity index (χ2v) is 10.2. The summed E-state index contributed by atoms with van der Waals surface area (Å²) in [5, 5.41) is 2.91. The molecular formula is C23H26N4O3S2. The smallest absolute Gasteiger partial charge is 0.264 e. The number of para-hydroxylation sites is 1. The van der Waals surface area contributed by atoms with Crippen molar-refractivity contribution < 1.29 is 13.2 Å². The number of aromatic nitrogens is 1. The number of amides is 1. The molecule has 0 bridgehead atoms. The molecule has 2 heterocycles. The third-order valence-corrected chi connectivity index (χ3v) is 8.20. The molecule has 2 aromatic carbocycles. The van der Waals surface area contributed by atoms with Crippen LogP contribution >= 0.6 is 11.3 Å². The van der Waals surface area contributed by atoms with Gasteiger partial charge in [0.05, 0.1) is 10.6 Å². The fourth-order valence-corrected chi connectivity index (χ4v) is 6.09. The van der Waals surface area contributed by atoms with Crippen molar-refractivity contribution in [3.63, 3.8) is 0 Å². The van der Waals surface area contributed by atoms with Crippen molar-refractivity contribution in [2.45, 2.75) is 18.2 Å². The van der Waals surface area contributed by atoms with Gasteiger partial charge in [-0.25, -0.2) is 13.4 Å². The largest absolute Gasteiger partial charge is 0.346 e. The second kappa shape index (κ2) is 9.70. The topological polar surface area (TPSA) is 73.8 Å². The SMILES string of the molecule is CCN(c1ccccc1)S(=O)(=O)c1cccc(C(=O)N2CCCN(c3nccs3)CC2)c1. The Morgan fingerprint density at radius 1 is 1.06 bits per heavy atom. The molecule has 0 N–H and O–H groups in total. The zero-order chi connectivity index (χ0) is 22.6. The Balaban J connectivity index is 1.54. The summed E-state index contributed by atoms with van der Waals surface area (Å²) >= 11 is 1.59. The average molecular weight is 471 g/mol. The van der Waals surface area contributed by atoms with Crippen LogP contribution in [0.2, 0.25) is 0 Å². The van der Waals surface area contributed by atoms with Gasteiger partial charge in [-0.15, -0.1) is 11.3 Å². The molecule has 0 spiro atoms. The van der Waals surface area contributed by atoms with Crippen LogP contribution in [-0.2, 0) is 10.0 Å². The number of rotatable bonds is 6. The molecule has 168 valence electrons. The summed E-state index contributed by atoms with van der Waals surface area (Å²) in [6.45, 7) is 4.83.